The van der Waals surface area contributed by atoms with E-state index in [1.54, 1.807) is 129 Å². The molecule has 28 rings (SSSR count). The Hall–Kier alpha value is -18.7. The summed E-state index contributed by atoms with van der Waals surface area (Å²) >= 11 is 24.6. The van der Waals surface area contributed by atoms with Crippen LogP contribution in [-0.4, -0.2) is 137 Å². The van der Waals surface area contributed by atoms with E-state index in [9.17, 15) is 13.2 Å². The summed E-state index contributed by atoms with van der Waals surface area (Å²) in [5.41, 5.74) is 34.6. The zero-order valence-electron chi connectivity index (χ0n) is 75.2. The van der Waals surface area contributed by atoms with Crippen LogP contribution >= 0.6 is 46.4 Å². The van der Waals surface area contributed by atoms with Gasteiger partial charge in [-0.25, -0.2) is 74.3 Å². The van der Waals surface area contributed by atoms with E-state index in [2.05, 4.69) is 131 Å². The first-order valence-corrected chi connectivity index (χ1v) is 45.1. The van der Waals surface area contributed by atoms with Crippen LogP contribution in [-0.2, 0) is 6.18 Å². The fraction of sp³-hybridized carbons (Fsp3) is 0.0714. The molecule has 144 heavy (non-hydrogen) atoms. The van der Waals surface area contributed by atoms with Gasteiger partial charge in [0.25, 0.3) is 0 Å². The number of furan rings is 7. The van der Waals surface area contributed by atoms with E-state index in [-0.39, 0.29) is 28.8 Å². The van der Waals surface area contributed by atoms with Crippen molar-refractivity contribution < 1.29 is 44.1 Å². The van der Waals surface area contributed by atoms with Gasteiger partial charge in [-0.2, -0.15) is 40.3 Å². The topological polar surface area (TPSA) is 498 Å². The number of hydrogen-bond donors (Lipinski definition) is 4. The number of aromatic nitrogens is 28. The molecule has 46 heteroatoms. The van der Waals surface area contributed by atoms with E-state index < -0.39 is 11.7 Å². The minimum atomic E-state index is -4.46. The molecule has 7 aromatic carbocycles. The maximum Gasteiger partial charge on any atom is 0.416 e. The lowest BCUT2D eigenvalue weighted by molar-refractivity contribution is -0.137. The van der Waals surface area contributed by atoms with Crippen molar-refractivity contribution in [3.8, 4) is 81.1 Å². The molecule has 0 bridgehead atoms. The zero-order chi connectivity index (χ0) is 99.0. The highest BCUT2D eigenvalue weighted by atomic mass is 35.5. The van der Waals surface area contributed by atoms with Crippen molar-refractivity contribution in [3.05, 3.63) is 311 Å². The number of halogens is 7. The molecule has 0 aliphatic carbocycles. The number of rotatable bonds is 8. The second-order valence-electron chi connectivity index (χ2n) is 32.3. The molecule has 0 radical (unpaired) electrons. The lowest BCUT2D eigenvalue weighted by Gasteiger charge is -2.08. The first-order valence-electron chi connectivity index (χ1n) is 43.5. The van der Waals surface area contributed by atoms with Gasteiger partial charge in [-0.15, -0.1) is 35.7 Å². The number of aryl methyl sites for hydroxylation is 3. The summed E-state index contributed by atoms with van der Waals surface area (Å²) in [5, 5.41) is 38.2. The first kappa shape index (κ1) is 90.5. The number of anilines is 4. The summed E-state index contributed by atoms with van der Waals surface area (Å²) in [6, 6.07) is 62.3. The normalized spacial score (nSPS) is 11.6. The fourth-order valence-electron chi connectivity index (χ4n) is 15.7. The molecular formula is C98H67Cl4F3N32O7. The molecule has 0 fully saturated rings. The molecule has 0 aliphatic heterocycles. The number of nitrogens with two attached hydrogens (primary N) is 4. The summed E-state index contributed by atoms with van der Waals surface area (Å²) in [7, 11) is 0. The predicted molar refractivity (Wildman–Crippen MR) is 533 cm³/mol. The van der Waals surface area contributed by atoms with E-state index in [0.717, 1.165) is 89.5 Å². The van der Waals surface area contributed by atoms with E-state index in [0.29, 0.717) is 158 Å². The Morgan fingerprint density at radius 3 is 1.07 bits per heavy atom. The highest BCUT2D eigenvalue weighted by Crippen LogP contribution is 2.38. The molecule has 21 heterocycles. The number of nitrogen functional groups attached to an aromatic ring is 4. The van der Waals surface area contributed by atoms with Gasteiger partial charge in [-0.05, 0) is 226 Å². The van der Waals surface area contributed by atoms with Crippen molar-refractivity contribution in [2.45, 2.75) is 46.7 Å². The highest BCUT2D eigenvalue weighted by molar-refractivity contribution is 6.37. The second-order valence-corrected chi connectivity index (χ2v) is 34.0. The smallest absolute Gasteiger partial charge is 0.416 e. The summed E-state index contributed by atoms with van der Waals surface area (Å²) in [5.74, 6) is 10.1. The summed E-state index contributed by atoms with van der Waals surface area (Å²) in [4.78, 5) is 61.8. The third kappa shape index (κ3) is 17.3. The number of fused-ring (bicyclic) bond motifs is 21. The minimum Gasteiger partial charge on any atom is -0.461 e. The van der Waals surface area contributed by atoms with Crippen molar-refractivity contribution in [2.75, 3.05) is 22.9 Å². The van der Waals surface area contributed by atoms with Crippen LogP contribution in [0.5, 0.6) is 0 Å². The van der Waals surface area contributed by atoms with Crippen molar-refractivity contribution in [3.63, 3.8) is 0 Å². The van der Waals surface area contributed by atoms with Gasteiger partial charge in [0.15, 0.2) is 79.9 Å². The summed E-state index contributed by atoms with van der Waals surface area (Å²) < 4.78 is 86.7. The molecule has 0 saturated carbocycles. The first-order chi connectivity index (χ1) is 69.8. The van der Waals surface area contributed by atoms with Gasteiger partial charge in [0, 0.05) is 37.0 Å². The highest BCUT2D eigenvalue weighted by Gasteiger charge is 2.32. The van der Waals surface area contributed by atoms with Crippen molar-refractivity contribution in [2.24, 2.45) is 0 Å². The van der Waals surface area contributed by atoms with Gasteiger partial charge in [0.05, 0.1) is 109 Å². The van der Waals surface area contributed by atoms with Crippen LogP contribution in [0, 0.1) is 20.8 Å². The standard InChI is InChI=1S/C16H15N5O.2C14H9ClN4O.C14H8F3N5O.C14H11N5O.C13H8ClN5O.C13H7ClN4O/c1-9(2)10-5-6-12-11(8-10)15-19-14(13-4-3-7-22-13)20-21(15)16(17)18-12;1-8-16-10-5-2-4-9(15)12(10)14-17-13(18-19(8)14)11-6-3-7-20-11;1-8-16-11-5-4-9(15)7-10(11)14-17-13(18-19(8)14)12-3-2-6-20-12;15-14(16,17)7-3-4-9-8(6-7)12-20-11(10-2-1-5-23-10)21-22(12)13(18)19-9;1-8-4-5-9-10(7-8)16-14(15)19-13(9)17-12(18-19)11-3-2-6-20-11;14-7-3-1-4-8-10(7)12-17-11(9-5-2-6-20-9)18-19(12)13(15)16-8;14-8-3-4-10-9(6-8)13-16-12(11-2-1-5-19-11)17-18(13)7-15-10/h3-9H,1-2H3,(H2,17,18);2*2-7H,1H3;1-6H,(H2,18,19);2-7H,1H3,(H2,15,16);1-6H,(H2,15,16);1-7H. The van der Waals surface area contributed by atoms with Crippen LogP contribution in [0.4, 0.5) is 37.0 Å². The van der Waals surface area contributed by atoms with Gasteiger partial charge < -0.3 is 53.9 Å². The van der Waals surface area contributed by atoms with Crippen LogP contribution in [0.3, 0.4) is 0 Å². The Morgan fingerprint density at radius 2 is 0.625 bits per heavy atom. The maximum atomic E-state index is 12.9. The molecule has 21 aromatic heterocycles. The molecule has 0 saturated heterocycles. The van der Waals surface area contributed by atoms with E-state index >= 15 is 0 Å². The SMILES string of the molecule is CC(C)c1ccc2nc(N)n3nc(-c4ccco4)nc3c2c1.Cc1ccc2c(c1)nc(N)n1nc(-c3ccco3)nc21.Cc1nc2ccc(Cl)cc2c2nc(-c3ccco3)nn12.Cc1nc2cccc(Cl)c2c2nc(-c3ccco3)nn12.Clc1ccc2ncn3nc(-c4ccco4)nc3c2c1.Nc1nc2ccc(C(F)(F)F)cc2c2nc(-c3ccco3)nn12.Nc1nc2cccc(Cl)c2c2nc(-c3ccco3)nn12. The van der Waals surface area contributed by atoms with Gasteiger partial charge in [-0.3, -0.25) is 0 Å². The zero-order valence-corrected chi connectivity index (χ0v) is 78.3. The molecule has 710 valence electrons. The van der Waals surface area contributed by atoms with Crippen LogP contribution in [0.15, 0.2) is 293 Å². The Balaban J connectivity index is 0.0000000960. The van der Waals surface area contributed by atoms with Crippen LogP contribution in [0.2, 0.25) is 20.1 Å². The van der Waals surface area contributed by atoms with Crippen LogP contribution < -0.4 is 22.9 Å². The van der Waals surface area contributed by atoms with Gasteiger partial charge in [0.1, 0.15) is 18.0 Å². The molecule has 28 aromatic rings. The average molecular weight is 2000 g/mol. The molecular weight excluding hydrogens is 1940 g/mol. The maximum absolute atomic E-state index is 12.9. The second kappa shape index (κ2) is 36.9. The monoisotopic (exact) mass is 2000 g/mol. The van der Waals surface area contributed by atoms with Crippen molar-refractivity contribution in [1.29, 1.82) is 0 Å². The van der Waals surface area contributed by atoms with Crippen LogP contribution in [0.1, 0.15) is 48.1 Å². The lowest BCUT2D eigenvalue weighted by atomic mass is 10.0. The van der Waals surface area contributed by atoms with E-state index in [1.807, 2.05) is 136 Å². The summed E-state index contributed by atoms with van der Waals surface area (Å²) in [6.45, 7) is 10.1. The number of hydrogen-bond acceptors (Lipinski definition) is 32. The van der Waals surface area contributed by atoms with Gasteiger partial charge >= 0.3 is 6.18 Å². The molecule has 0 amide bonds. The lowest BCUT2D eigenvalue weighted by Crippen LogP contribution is -2.06. The largest absolute Gasteiger partial charge is 0.461 e. The van der Waals surface area contributed by atoms with E-state index in [1.165, 1.54) is 31.4 Å². The van der Waals surface area contributed by atoms with Crippen molar-refractivity contribution >= 4 is 186 Å². The third-order valence-electron chi connectivity index (χ3n) is 22.5. The Labute approximate surface area is 823 Å². The molecule has 0 aliphatic rings. The molecule has 0 spiro atoms. The average Bonchev–Trinajstić information content (AvgIpc) is 1.58. The van der Waals surface area contributed by atoms with Crippen LogP contribution in [0.25, 0.3) is 197 Å². The fourth-order valence-corrected chi connectivity index (χ4v) is 16.6. The Kier molecular flexibility index (Phi) is 23.2. The Morgan fingerprint density at radius 1 is 0.292 bits per heavy atom. The molecule has 8 N–H and O–H groups in total. The quantitative estimate of drug-likeness (QED) is 0.110. The number of nitrogens with zero attached hydrogens (tertiary/aromatic N) is 28. The predicted octanol–water partition coefficient (Wildman–Crippen LogP) is 21.8. The van der Waals surface area contributed by atoms with E-state index in [4.69, 9.17) is 100 Å². The van der Waals surface area contributed by atoms with Crippen molar-refractivity contribution in [1.82, 2.24) is 137 Å². The Bertz CT molecular complexity index is 9520. The molecule has 0 atom stereocenters. The third-order valence-corrected chi connectivity index (χ3v) is 23.6. The minimum absolute atomic E-state index is 0.0255. The number of alkyl halides is 3. The van der Waals surface area contributed by atoms with Gasteiger partial charge in [0.2, 0.25) is 64.6 Å². The summed E-state index contributed by atoms with van der Waals surface area (Å²) in [6.07, 6.45) is 8.14. The molecule has 39 nitrogen and oxygen atoms in total. The molecule has 0 unspecified atom stereocenters. The van der Waals surface area contributed by atoms with Gasteiger partial charge in [-0.1, -0.05) is 84.5 Å². The number of benzene rings is 7.